The van der Waals surface area contributed by atoms with Gasteiger partial charge in [-0.05, 0) is 18.9 Å². The van der Waals surface area contributed by atoms with Crippen LogP contribution in [0.15, 0.2) is 40.9 Å². The lowest BCUT2D eigenvalue weighted by Crippen LogP contribution is -2.50. The third-order valence-corrected chi connectivity index (χ3v) is 5.16. The Bertz CT molecular complexity index is 782. The smallest absolute Gasteiger partial charge is 0.276 e. The van der Waals surface area contributed by atoms with Crippen molar-refractivity contribution in [2.45, 2.75) is 26.2 Å². The molecule has 1 N–H and O–H groups in total. The SMILES string of the molecule is CCC(C(=O)NCCN1CCN(C(=O)c2cc(C)on2)CC1)c1ccccc1. The molecule has 2 amide bonds. The quantitative estimate of drug-likeness (QED) is 0.790. The molecule has 28 heavy (non-hydrogen) atoms. The second kappa shape index (κ2) is 9.50. The number of aryl methyl sites for hydroxylation is 1. The number of hydrogen-bond acceptors (Lipinski definition) is 5. The predicted octanol–water partition coefficient (Wildman–Crippen LogP) is 2.05. The van der Waals surface area contributed by atoms with E-state index in [4.69, 9.17) is 4.52 Å². The highest BCUT2D eigenvalue weighted by molar-refractivity contribution is 5.92. The normalized spacial score (nSPS) is 16.0. The fourth-order valence-electron chi connectivity index (χ4n) is 3.52. The standard InChI is InChI=1S/C21H28N4O3/c1-3-18(17-7-5-4-6-8-17)20(26)22-9-10-24-11-13-25(14-12-24)21(27)19-15-16(2)28-23-19/h4-8,15,18H,3,9-14H2,1-2H3,(H,22,26). The van der Waals surface area contributed by atoms with Crippen molar-refractivity contribution >= 4 is 11.8 Å². The summed E-state index contributed by atoms with van der Waals surface area (Å²) in [5, 5.41) is 6.86. The fourth-order valence-corrected chi connectivity index (χ4v) is 3.52. The van der Waals surface area contributed by atoms with Crippen LogP contribution in [0.1, 0.15) is 41.1 Å². The average Bonchev–Trinajstić information content (AvgIpc) is 3.16. The third kappa shape index (κ3) is 4.98. The summed E-state index contributed by atoms with van der Waals surface area (Å²) in [6, 6.07) is 11.6. The molecule has 2 heterocycles. The van der Waals surface area contributed by atoms with E-state index < -0.39 is 0 Å². The number of hydrogen-bond donors (Lipinski definition) is 1. The van der Waals surface area contributed by atoms with Gasteiger partial charge in [0.1, 0.15) is 5.76 Å². The maximum atomic E-state index is 12.5. The van der Waals surface area contributed by atoms with Gasteiger partial charge in [0.25, 0.3) is 5.91 Å². The van der Waals surface area contributed by atoms with E-state index in [9.17, 15) is 9.59 Å². The molecular formula is C21H28N4O3. The fraction of sp³-hybridized carbons (Fsp3) is 0.476. The molecule has 0 spiro atoms. The molecule has 0 saturated carbocycles. The molecular weight excluding hydrogens is 356 g/mol. The van der Waals surface area contributed by atoms with Crippen LogP contribution < -0.4 is 5.32 Å². The number of piperazine rings is 1. The molecule has 1 aromatic carbocycles. The zero-order valence-corrected chi connectivity index (χ0v) is 16.6. The molecule has 0 radical (unpaired) electrons. The van der Waals surface area contributed by atoms with Crippen LogP contribution in [0.3, 0.4) is 0 Å². The summed E-state index contributed by atoms with van der Waals surface area (Å²) in [6.45, 7) is 8.07. The van der Waals surface area contributed by atoms with Gasteiger partial charge in [0, 0.05) is 45.3 Å². The van der Waals surface area contributed by atoms with Gasteiger partial charge in [-0.2, -0.15) is 0 Å². The van der Waals surface area contributed by atoms with Crippen molar-refractivity contribution in [3.05, 3.63) is 53.4 Å². The highest BCUT2D eigenvalue weighted by Crippen LogP contribution is 2.19. The number of nitrogens with zero attached hydrogens (tertiary/aromatic N) is 3. The minimum Gasteiger partial charge on any atom is -0.361 e. The van der Waals surface area contributed by atoms with Gasteiger partial charge in [0.2, 0.25) is 5.91 Å². The molecule has 0 bridgehead atoms. The van der Waals surface area contributed by atoms with Crippen LogP contribution >= 0.6 is 0 Å². The largest absolute Gasteiger partial charge is 0.361 e. The zero-order chi connectivity index (χ0) is 19.9. The Morgan fingerprint density at radius 2 is 1.89 bits per heavy atom. The van der Waals surface area contributed by atoms with Gasteiger partial charge in [0.05, 0.1) is 5.92 Å². The molecule has 0 aliphatic carbocycles. The monoisotopic (exact) mass is 384 g/mol. The first-order valence-electron chi connectivity index (χ1n) is 9.86. The number of aromatic nitrogens is 1. The second-order valence-corrected chi connectivity index (χ2v) is 7.12. The van der Waals surface area contributed by atoms with Crippen molar-refractivity contribution in [1.82, 2.24) is 20.3 Å². The first-order chi connectivity index (χ1) is 13.6. The van der Waals surface area contributed by atoms with E-state index in [1.54, 1.807) is 17.9 Å². The molecule has 1 unspecified atom stereocenters. The van der Waals surface area contributed by atoms with Crippen molar-refractivity contribution in [2.75, 3.05) is 39.3 Å². The average molecular weight is 384 g/mol. The maximum Gasteiger partial charge on any atom is 0.276 e. The topological polar surface area (TPSA) is 78.7 Å². The van der Waals surface area contributed by atoms with E-state index in [0.717, 1.165) is 31.6 Å². The van der Waals surface area contributed by atoms with Crippen LogP contribution in [0.25, 0.3) is 0 Å². The molecule has 1 aromatic heterocycles. The summed E-state index contributed by atoms with van der Waals surface area (Å²) in [5.74, 6) is 0.516. The zero-order valence-electron chi connectivity index (χ0n) is 16.6. The molecule has 1 aliphatic rings. The van der Waals surface area contributed by atoms with E-state index in [-0.39, 0.29) is 17.7 Å². The summed E-state index contributed by atoms with van der Waals surface area (Å²) in [4.78, 5) is 29.0. The van der Waals surface area contributed by atoms with Gasteiger partial charge < -0.3 is 14.7 Å². The van der Waals surface area contributed by atoms with Crippen molar-refractivity contribution in [1.29, 1.82) is 0 Å². The van der Waals surface area contributed by atoms with Crippen LogP contribution in [0.2, 0.25) is 0 Å². The summed E-state index contributed by atoms with van der Waals surface area (Å²) < 4.78 is 4.99. The Morgan fingerprint density at radius 3 is 2.50 bits per heavy atom. The van der Waals surface area contributed by atoms with Crippen molar-refractivity contribution in [3.63, 3.8) is 0 Å². The number of carbonyl (C=O) groups excluding carboxylic acids is 2. The van der Waals surface area contributed by atoms with Crippen LogP contribution in [0, 0.1) is 6.92 Å². The van der Waals surface area contributed by atoms with Crippen LogP contribution in [0.5, 0.6) is 0 Å². The van der Waals surface area contributed by atoms with Crippen LogP contribution in [-0.2, 0) is 4.79 Å². The van der Waals surface area contributed by atoms with E-state index >= 15 is 0 Å². The van der Waals surface area contributed by atoms with Crippen LogP contribution in [0.4, 0.5) is 0 Å². The highest BCUT2D eigenvalue weighted by atomic mass is 16.5. The molecule has 1 aliphatic heterocycles. The lowest BCUT2D eigenvalue weighted by atomic mass is 9.96. The predicted molar refractivity (Wildman–Crippen MR) is 106 cm³/mol. The summed E-state index contributed by atoms with van der Waals surface area (Å²) in [5.41, 5.74) is 1.42. The Balaban J connectivity index is 1.40. The lowest BCUT2D eigenvalue weighted by Gasteiger charge is -2.34. The van der Waals surface area contributed by atoms with Gasteiger partial charge in [-0.25, -0.2) is 0 Å². The molecule has 1 fully saturated rings. The Labute approximate surface area is 165 Å². The van der Waals surface area contributed by atoms with Gasteiger partial charge in [0.15, 0.2) is 5.69 Å². The van der Waals surface area contributed by atoms with Crippen molar-refractivity contribution in [2.24, 2.45) is 0 Å². The summed E-state index contributed by atoms with van der Waals surface area (Å²) in [7, 11) is 0. The number of amides is 2. The Hall–Kier alpha value is -2.67. The summed E-state index contributed by atoms with van der Waals surface area (Å²) >= 11 is 0. The van der Waals surface area contributed by atoms with E-state index in [2.05, 4.69) is 15.4 Å². The van der Waals surface area contributed by atoms with Gasteiger partial charge >= 0.3 is 0 Å². The number of rotatable bonds is 7. The minimum atomic E-state index is -0.110. The van der Waals surface area contributed by atoms with E-state index in [1.165, 1.54) is 0 Å². The first kappa shape index (κ1) is 20.1. The highest BCUT2D eigenvalue weighted by Gasteiger charge is 2.24. The molecule has 1 saturated heterocycles. The van der Waals surface area contributed by atoms with Crippen LogP contribution in [-0.4, -0.2) is 66.0 Å². The lowest BCUT2D eigenvalue weighted by molar-refractivity contribution is -0.122. The molecule has 7 heteroatoms. The van der Waals surface area contributed by atoms with E-state index in [1.807, 2.05) is 37.3 Å². The molecule has 1 atom stereocenters. The van der Waals surface area contributed by atoms with Gasteiger partial charge in [-0.15, -0.1) is 0 Å². The Morgan fingerprint density at radius 1 is 1.18 bits per heavy atom. The Kier molecular flexibility index (Phi) is 6.81. The van der Waals surface area contributed by atoms with E-state index in [0.29, 0.717) is 31.1 Å². The van der Waals surface area contributed by atoms with Crippen molar-refractivity contribution < 1.29 is 14.1 Å². The number of nitrogens with one attached hydrogen (secondary N) is 1. The third-order valence-electron chi connectivity index (χ3n) is 5.16. The minimum absolute atomic E-state index is 0.0731. The second-order valence-electron chi connectivity index (χ2n) is 7.12. The van der Waals surface area contributed by atoms with Crippen molar-refractivity contribution in [3.8, 4) is 0 Å². The molecule has 150 valence electrons. The van der Waals surface area contributed by atoms with Gasteiger partial charge in [-0.3, -0.25) is 14.5 Å². The molecule has 2 aromatic rings. The maximum absolute atomic E-state index is 12.5. The molecule has 3 rings (SSSR count). The number of carbonyl (C=O) groups is 2. The molecule has 7 nitrogen and oxygen atoms in total. The van der Waals surface area contributed by atoms with Gasteiger partial charge in [-0.1, -0.05) is 42.4 Å². The number of benzene rings is 1. The first-order valence-corrected chi connectivity index (χ1v) is 9.86. The summed E-state index contributed by atoms with van der Waals surface area (Å²) in [6.07, 6.45) is 0.776.